The minimum atomic E-state index is 0.0567. The minimum Gasteiger partial charge on any atom is -0.377 e. The van der Waals surface area contributed by atoms with Crippen LogP contribution >= 0.6 is 0 Å². The van der Waals surface area contributed by atoms with Crippen LogP contribution < -0.4 is 5.73 Å². The Morgan fingerprint density at radius 2 is 1.19 bits per heavy atom. The van der Waals surface area contributed by atoms with Crippen molar-refractivity contribution in [3.05, 3.63) is 0 Å². The fourth-order valence-corrected chi connectivity index (χ4v) is 2.68. The van der Waals surface area contributed by atoms with Gasteiger partial charge in [0.1, 0.15) is 0 Å². The highest BCUT2D eigenvalue weighted by molar-refractivity contribution is 4.71. The highest BCUT2D eigenvalue weighted by atomic mass is 16.5. The molecule has 0 aromatic rings. The van der Waals surface area contributed by atoms with Crippen LogP contribution in [0.15, 0.2) is 0 Å². The van der Waals surface area contributed by atoms with Crippen molar-refractivity contribution < 1.29 is 9.47 Å². The molecule has 0 aromatic carbocycles. The Kier molecular flexibility index (Phi) is 5.07. The van der Waals surface area contributed by atoms with Crippen molar-refractivity contribution >= 4 is 0 Å². The van der Waals surface area contributed by atoms with Gasteiger partial charge in [0.05, 0.1) is 31.5 Å². The Bertz CT molecular complexity index is 166. The summed E-state index contributed by atoms with van der Waals surface area (Å²) in [5, 5.41) is 0. The molecule has 0 saturated heterocycles. The minimum absolute atomic E-state index is 0.0567. The molecule has 0 amide bonds. The largest absolute Gasteiger partial charge is 0.377 e. The van der Waals surface area contributed by atoms with Gasteiger partial charge in [-0.2, -0.15) is 0 Å². The van der Waals surface area contributed by atoms with E-state index in [0.717, 1.165) is 0 Å². The van der Waals surface area contributed by atoms with Crippen LogP contribution in [0.2, 0.25) is 0 Å². The molecule has 0 radical (unpaired) electrons. The van der Waals surface area contributed by atoms with Crippen molar-refractivity contribution in [1.29, 1.82) is 0 Å². The normalized spacial score (nSPS) is 23.6. The standard InChI is InChI=1S/C13H25NO2/c14-11(9-15-12-5-1-2-6-12)10-16-13-7-3-4-8-13/h11-13H,1-10,14H2. The monoisotopic (exact) mass is 227 g/mol. The molecule has 0 heterocycles. The van der Waals surface area contributed by atoms with Gasteiger partial charge in [0.2, 0.25) is 0 Å². The molecule has 2 aliphatic carbocycles. The van der Waals surface area contributed by atoms with E-state index in [2.05, 4.69) is 0 Å². The molecule has 0 unspecified atom stereocenters. The average Bonchev–Trinajstić information content (AvgIpc) is 2.96. The maximum Gasteiger partial charge on any atom is 0.0643 e. The summed E-state index contributed by atoms with van der Waals surface area (Å²) in [6.45, 7) is 1.33. The van der Waals surface area contributed by atoms with Crippen LogP contribution in [0.1, 0.15) is 51.4 Å². The topological polar surface area (TPSA) is 44.5 Å². The summed E-state index contributed by atoms with van der Waals surface area (Å²) in [6.07, 6.45) is 11.1. The summed E-state index contributed by atoms with van der Waals surface area (Å²) >= 11 is 0. The first-order chi connectivity index (χ1) is 7.84. The molecule has 0 bridgehead atoms. The van der Waals surface area contributed by atoms with Gasteiger partial charge in [0.25, 0.3) is 0 Å². The van der Waals surface area contributed by atoms with Gasteiger partial charge in [-0.15, -0.1) is 0 Å². The quantitative estimate of drug-likeness (QED) is 0.757. The summed E-state index contributed by atoms with van der Waals surface area (Å²) in [5.41, 5.74) is 5.98. The molecule has 0 aliphatic heterocycles. The van der Waals surface area contributed by atoms with E-state index in [1.165, 1.54) is 51.4 Å². The van der Waals surface area contributed by atoms with Crippen molar-refractivity contribution in [2.24, 2.45) is 5.73 Å². The SMILES string of the molecule is NC(COC1CCCC1)COC1CCCC1. The predicted molar refractivity (Wildman–Crippen MR) is 64.4 cm³/mol. The Labute approximate surface area is 98.7 Å². The lowest BCUT2D eigenvalue weighted by Gasteiger charge is -2.18. The summed E-state index contributed by atoms with van der Waals surface area (Å²) in [4.78, 5) is 0. The predicted octanol–water partition coefficient (Wildman–Crippen LogP) is 2.23. The number of ether oxygens (including phenoxy) is 2. The van der Waals surface area contributed by atoms with Gasteiger partial charge in [-0.1, -0.05) is 25.7 Å². The maximum absolute atomic E-state index is 5.98. The lowest BCUT2D eigenvalue weighted by Crippen LogP contribution is -2.34. The molecule has 2 N–H and O–H groups in total. The van der Waals surface area contributed by atoms with E-state index < -0.39 is 0 Å². The second-order valence-corrected chi connectivity index (χ2v) is 5.24. The Hall–Kier alpha value is -0.120. The van der Waals surface area contributed by atoms with Crippen LogP contribution in [0.25, 0.3) is 0 Å². The molecule has 0 aromatic heterocycles. The number of rotatable bonds is 6. The van der Waals surface area contributed by atoms with E-state index in [1.54, 1.807) is 0 Å². The highest BCUT2D eigenvalue weighted by Crippen LogP contribution is 2.22. The van der Waals surface area contributed by atoms with Crippen molar-refractivity contribution in [2.75, 3.05) is 13.2 Å². The molecule has 2 aliphatic rings. The third-order valence-electron chi connectivity index (χ3n) is 3.70. The van der Waals surface area contributed by atoms with E-state index >= 15 is 0 Å². The summed E-state index contributed by atoms with van der Waals surface area (Å²) in [7, 11) is 0. The first-order valence-corrected chi connectivity index (χ1v) is 6.83. The fraction of sp³-hybridized carbons (Fsp3) is 1.00. The second-order valence-electron chi connectivity index (χ2n) is 5.24. The van der Waals surface area contributed by atoms with Crippen LogP contribution in [0.5, 0.6) is 0 Å². The first-order valence-electron chi connectivity index (χ1n) is 6.83. The Balaban J connectivity index is 1.51. The van der Waals surface area contributed by atoms with E-state index in [9.17, 15) is 0 Å². The molecular weight excluding hydrogens is 202 g/mol. The van der Waals surface area contributed by atoms with Crippen LogP contribution in [-0.2, 0) is 9.47 Å². The van der Waals surface area contributed by atoms with Crippen molar-refractivity contribution in [3.8, 4) is 0 Å². The molecule has 3 heteroatoms. The van der Waals surface area contributed by atoms with Gasteiger partial charge in [0.15, 0.2) is 0 Å². The summed E-state index contributed by atoms with van der Waals surface area (Å²) < 4.78 is 11.5. The van der Waals surface area contributed by atoms with Crippen molar-refractivity contribution in [1.82, 2.24) is 0 Å². The lowest BCUT2D eigenvalue weighted by molar-refractivity contribution is 0.00432. The average molecular weight is 227 g/mol. The molecule has 2 saturated carbocycles. The number of hydrogen-bond acceptors (Lipinski definition) is 3. The summed E-state index contributed by atoms with van der Waals surface area (Å²) in [6, 6.07) is 0.0567. The zero-order valence-electron chi connectivity index (χ0n) is 10.2. The maximum atomic E-state index is 5.98. The summed E-state index contributed by atoms with van der Waals surface area (Å²) in [5.74, 6) is 0. The molecular formula is C13H25NO2. The lowest BCUT2D eigenvalue weighted by atomic mass is 10.3. The van der Waals surface area contributed by atoms with Crippen LogP contribution in [0.4, 0.5) is 0 Å². The van der Waals surface area contributed by atoms with Crippen molar-refractivity contribution in [2.45, 2.75) is 69.6 Å². The van der Waals surface area contributed by atoms with Crippen molar-refractivity contribution in [3.63, 3.8) is 0 Å². The molecule has 0 atom stereocenters. The van der Waals surface area contributed by atoms with Crippen LogP contribution in [-0.4, -0.2) is 31.5 Å². The highest BCUT2D eigenvalue weighted by Gasteiger charge is 2.19. The van der Waals surface area contributed by atoms with Gasteiger partial charge < -0.3 is 15.2 Å². The second kappa shape index (κ2) is 6.58. The van der Waals surface area contributed by atoms with Gasteiger partial charge in [-0.05, 0) is 25.7 Å². The molecule has 16 heavy (non-hydrogen) atoms. The number of nitrogens with two attached hydrogens (primary N) is 1. The van der Waals surface area contributed by atoms with Gasteiger partial charge >= 0.3 is 0 Å². The van der Waals surface area contributed by atoms with E-state index in [0.29, 0.717) is 25.4 Å². The fourth-order valence-electron chi connectivity index (χ4n) is 2.68. The Morgan fingerprint density at radius 3 is 1.56 bits per heavy atom. The van der Waals surface area contributed by atoms with E-state index in [-0.39, 0.29) is 6.04 Å². The van der Waals surface area contributed by atoms with Gasteiger partial charge in [-0.3, -0.25) is 0 Å². The third-order valence-corrected chi connectivity index (χ3v) is 3.70. The van der Waals surface area contributed by atoms with E-state index in [1.807, 2.05) is 0 Å². The van der Waals surface area contributed by atoms with Gasteiger partial charge in [0, 0.05) is 0 Å². The van der Waals surface area contributed by atoms with E-state index in [4.69, 9.17) is 15.2 Å². The van der Waals surface area contributed by atoms with Crippen LogP contribution in [0, 0.1) is 0 Å². The zero-order valence-corrected chi connectivity index (χ0v) is 10.2. The van der Waals surface area contributed by atoms with Gasteiger partial charge in [-0.25, -0.2) is 0 Å². The molecule has 2 fully saturated rings. The Morgan fingerprint density at radius 1 is 0.812 bits per heavy atom. The molecule has 3 nitrogen and oxygen atoms in total. The molecule has 2 rings (SSSR count). The molecule has 94 valence electrons. The molecule has 0 spiro atoms. The smallest absolute Gasteiger partial charge is 0.0643 e. The first kappa shape index (κ1) is 12.3. The third kappa shape index (κ3) is 4.04. The van der Waals surface area contributed by atoms with Crippen LogP contribution in [0.3, 0.4) is 0 Å². The number of hydrogen-bond donors (Lipinski definition) is 1. The zero-order chi connectivity index (χ0) is 11.2.